The second-order valence-corrected chi connectivity index (χ2v) is 4.60. The van der Waals surface area contributed by atoms with E-state index < -0.39 is 0 Å². The molecule has 1 unspecified atom stereocenters. The lowest BCUT2D eigenvalue weighted by Crippen LogP contribution is -2.27. The quantitative estimate of drug-likeness (QED) is 0.723. The van der Waals surface area contributed by atoms with Crippen molar-refractivity contribution in [2.24, 2.45) is 0 Å². The van der Waals surface area contributed by atoms with Gasteiger partial charge in [0.15, 0.2) is 0 Å². The first-order valence-electron chi connectivity index (χ1n) is 6.78. The molecule has 0 spiro atoms. The minimum atomic E-state index is -0.123. The second kappa shape index (κ2) is 10.3. The van der Waals surface area contributed by atoms with E-state index in [1.807, 2.05) is 32.2 Å². The Labute approximate surface area is 132 Å². The van der Waals surface area contributed by atoms with E-state index in [9.17, 15) is 4.79 Å². The zero-order valence-corrected chi connectivity index (χ0v) is 13.9. The summed E-state index contributed by atoms with van der Waals surface area (Å²) in [7, 11) is 5.11. The topological polar surface area (TPSA) is 59.6 Å². The third-order valence-corrected chi connectivity index (χ3v) is 3.11. The molecular formula is C15H25ClN2O3. The van der Waals surface area contributed by atoms with E-state index in [0.717, 1.165) is 30.0 Å². The van der Waals surface area contributed by atoms with Crippen LogP contribution in [0.5, 0.6) is 11.5 Å². The lowest BCUT2D eigenvalue weighted by Gasteiger charge is -2.18. The summed E-state index contributed by atoms with van der Waals surface area (Å²) in [4.78, 5) is 11.8. The van der Waals surface area contributed by atoms with Crippen LogP contribution in [0.1, 0.15) is 31.4 Å². The van der Waals surface area contributed by atoms with Crippen molar-refractivity contribution in [3.63, 3.8) is 0 Å². The molecule has 120 valence electrons. The van der Waals surface area contributed by atoms with Crippen molar-refractivity contribution in [1.82, 2.24) is 10.6 Å². The highest BCUT2D eigenvalue weighted by Crippen LogP contribution is 2.29. The maximum absolute atomic E-state index is 11.8. The zero-order valence-electron chi connectivity index (χ0n) is 13.1. The number of benzene rings is 1. The summed E-state index contributed by atoms with van der Waals surface area (Å²) in [6, 6.07) is 5.45. The lowest BCUT2D eigenvalue weighted by atomic mass is 10.1. The predicted molar refractivity (Wildman–Crippen MR) is 86.5 cm³/mol. The maximum atomic E-state index is 11.8. The van der Waals surface area contributed by atoms with Gasteiger partial charge in [0.25, 0.3) is 0 Å². The molecule has 0 aliphatic rings. The Balaban J connectivity index is 0.00000400. The van der Waals surface area contributed by atoms with Crippen LogP contribution in [0.2, 0.25) is 0 Å². The van der Waals surface area contributed by atoms with Crippen molar-refractivity contribution in [2.45, 2.75) is 25.8 Å². The number of hydrogen-bond acceptors (Lipinski definition) is 4. The number of carbonyl (C=O) groups excluding carboxylic acids is 1. The maximum Gasteiger partial charge on any atom is 0.220 e. The number of amides is 1. The molecule has 0 radical (unpaired) electrons. The smallest absolute Gasteiger partial charge is 0.220 e. The molecule has 0 aliphatic heterocycles. The fourth-order valence-corrected chi connectivity index (χ4v) is 1.99. The molecule has 6 heteroatoms. The van der Waals surface area contributed by atoms with E-state index in [1.165, 1.54) is 0 Å². The fourth-order valence-electron chi connectivity index (χ4n) is 1.99. The van der Waals surface area contributed by atoms with Crippen LogP contribution in [-0.4, -0.2) is 33.7 Å². The summed E-state index contributed by atoms with van der Waals surface area (Å²) in [5.41, 5.74) is 0.911. The zero-order chi connectivity index (χ0) is 15.0. The number of carbonyl (C=O) groups is 1. The molecule has 1 aromatic carbocycles. The van der Waals surface area contributed by atoms with Gasteiger partial charge in [-0.2, -0.15) is 0 Å². The highest BCUT2D eigenvalue weighted by molar-refractivity contribution is 5.85. The average molecular weight is 317 g/mol. The van der Waals surface area contributed by atoms with Gasteiger partial charge in [-0.05, 0) is 45.1 Å². The Morgan fingerprint density at radius 3 is 2.57 bits per heavy atom. The molecule has 1 atom stereocenters. The summed E-state index contributed by atoms with van der Waals surface area (Å²) >= 11 is 0. The molecule has 0 fully saturated rings. The van der Waals surface area contributed by atoms with E-state index in [0.29, 0.717) is 6.42 Å². The molecule has 0 saturated carbocycles. The van der Waals surface area contributed by atoms with Gasteiger partial charge in [-0.3, -0.25) is 4.79 Å². The fraction of sp³-hybridized carbons (Fsp3) is 0.533. The van der Waals surface area contributed by atoms with Crippen molar-refractivity contribution >= 4 is 18.3 Å². The van der Waals surface area contributed by atoms with Crippen LogP contribution in [0, 0.1) is 0 Å². The molecular weight excluding hydrogens is 292 g/mol. The number of halogens is 1. The van der Waals surface area contributed by atoms with Gasteiger partial charge in [0.2, 0.25) is 5.91 Å². The van der Waals surface area contributed by atoms with Crippen molar-refractivity contribution in [2.75, 3.05) is 27.8 Å². The summed E-state index contributed by atoms with van der Waals surface area (Å²) in [6.07, 6.45) is 1.34. The van der Waals surface area contributed by atoms with Crippen LogP contribution in [0.4, 0.5) is 0 Å². The van der Waals surface area contributed by atoms with Gasteiger partial charge < -0.3 is 20.1 Å². The molecule has 0 heterocycles. The highest BCUT2D eigenvalue weighted by Gasteiger charge is 2.14. The SMILES string of the molecule is CNCCCC(=O)NC(C)c1cc(OC)ccc1OC.Cl. The Hall–Kier alpha value is -1.46. The van der Waals surface area contributed by atoms with Gasteiger partial charge in [-0.15, -0.1) is 12.4 Å². The number of hydrogen-bond donors (Lipinski definition) is 2. The first-order valence-corrected chi connectivity index (χ1v) is 6.78. The molecule has 2 N–H and O–H groups in total. The molecule has 0 aromatic heterocycles. The van der Waals surface area contributed by atoms with Gasteiger partial charge in [-0.1, -0.05) is 0 Å². The Kier molecular flexibility index (Phi) is 9.58. The Bertz CT molecular complexity index is 441. The first-order chi connectivity index (χ1) is 9.62. The predicted octanol–water partition coefficient (Wildman–Crippen LogP) is 2.30. The van der Waals surface area contributed by atoms with E-state index in [-0.39, 0.29) is 24.4 Å². The molecule has 0 aliphatic carbocycles. The average Bonchev–Trinajstić information content (AvgIpc) is 2.46. The molecule has 1 rings (SSSR count). The summed E-state index contributed by atoms with van der Waals surface area (Å²) in [6.45, 7) is 2.78. The molecule has 5 nitrogen and oxygen atoms in total. The van der Waals surface area contributed by atoms with E-state index in [1.54, 1.807) is 14.2 Å². The Morgan fingerprint density at radius 2 is 2.00 bits per heavy atom. The van der Waals surface area contributed by atoms with Gasteiger partial charge in [0.1, 0.15) is 11.5 Å². The Morgan fingerprint density at radius 1 is 1.29 bits per heavy atom. The minimum Gasteiger partial charge on any atom is -0.497 e. The minimum absolute atomic E-state index is 0. The van der Waals surface area contributed by atoms with Crippen LogP contribution in [-0.2, 0) is 4.79 Å². The van der Waals surface area contributed by atoms with Gasteiger partial charge >= 0.3 is 0 Å². The normalized spacial score (nSPS) is 11.2. The van der Waals surface area contributed by atoms with Crippen LogP contribution in [0.3, 0.4) is 0 Å². The van der Waals surface area contributed by atoms with Crippen LogP contribution >= 0.6 is 12.4 Å². The molecule has 1 aromatic rings. The summed E-state index contributed by atoms with van der Waals surface area (Å²) < 4.78 is 10.5. The van der Waals surface area contributed by atoms with E-state index >= 15 is 0 Å². The van der Waals surface area contributed by atoms with Crippen LogP contribution in [0.25, 0.3) is 0 Å². The largest absolute Gasteiger partial charge is 0.497 e. The van der Waals surface area contributed by atoms with Crippen molar-refractivity contribution in [1.29, 1.82) is 0 Å². The van der Waals surface area contributed by atoms with Gasteiger partial charge in [-0.25, -0.2) is 0 Å². The molecule has 0 saturated heterocycles. The third-order valence-electron chi connectivity index (χ3n) is 3.11. The number of rotatable bonds is 8. The van der Waals surface area contributed by atoms with Gasteiger partial charge in [0, 0.05) is 12.0 Å². The molecule has 0 bridgehead atoms. The monoisotopic (exact) mass is 316 g/mol. The van der Waals surface area contributed by atoms with Gasteiger partial charge in [0.05, 0.1) is 20.3 Å². The lowest BCUT2D eigenvalue weighted by molar-refractivity contribution is -0.121. The highest BCUT2D eigenvalue weighted by atomic mass is 35.5. The summed E-state index contributed by atoms with van der Waals surface area (Å²) in [5, 5.41) is 6.00. The molecule has 21 heavy (non-hydrogen) atoms. The number of methoxy groups -OCH3 is 2. The van der Waals surface area contributed by atoms with E-state index in [4.69, 9.17) is 9.47 Å². The molecule has 1 amide bonds. The standard InChI is InChI=1S/C15H24N2O3.ClH/c1-11(17-15(18)6-5-9-16-2)13-10-12(19-3)7-8-14(13)20-4;/h7-8,10-11,16H,5-6,9H2,1-4H3,(H,17,18);1H. The number of nitrogens with one attached hydrogen (secondary N) is 2. The number of ether oxygens (including phenoxy) is 2. The van der Waals surface area contributed by atoms with Crippen LogP contribution < -0.4 is 20.1 Å². The van der Waals surface area contributed by atoms with Crippen molar-refractivity contribution in [3.05, 3.63) is 23.8 Å². The first kappa shape index (κ1) is 19.5. The van der Waals surface area contributed by atoms with E-state index in [2.05, 4.69) is 10.6 Å². The summed E-state index contributed by atoms with van der Waals surface area (Å²) in [5.74, 6) is 1.53. The van der Waals surface area contributed by atoms with Crippen molar-refractivity contribution in [3.8, 4) is 11.5 Å². The van der Waals surface area contributed by atoms with Crippen LogP contribution in [0.15, 0.2) is 18.2 Å². The van der Waals surface area contributed by atoms with Crippen molar-refractivity contribution < 1.29 is 14.3 Å². The third kappa shape index (κ3) is 6.23. The second-order valence-electron chi connectivity index (χ2n) is 4.60.